The average Bonchev–Trinajstić information content (AvgIpc) is 2.50. The third-order valence-electron chi connectivity index (χ3n) is 3.94. The fourth-order valence-electron chi connectivity index (χ4n) is 2.72. The number of piperazine rings is 1. The molecule has 1 aromatic carbocycles. The highest BCUT2D eigenvalue weighted by Crippen LogP contribution is 2.18. The van der Waals surface area contributed by atoms with Crippen molar-refractivity contribution in [2.24, 2.45) is 0 Å². The zero-order valence-electron chi connectivity index (χ0n) is 13.2. The normalized spacial score (nSPS) is 16.9. The molecule has 0 amide bonds. The third kappa shape index (κ3) is 4.83. The summed E-state index contributed by atoms with van der Waals surface area (Å²) in [6, 6.07) is 7.47. The molecule has 4 nitrogen and oxygen atoms in total. The minimum absolute atomic E-state index is 0.0544. The maximum atomic E-state index is 11.5. The summed E-state index contributed by atoms with van der Waals surface area (Å²) >= 11 is 0. The maximum Gasteiger partial charge on any atom is 0.163 e. The molecular formula is C17H26N2O2. The number of hydrogen-bond acceptors (Lipinski definition) is 4. The van der Waals surface area contributed by atoms with E-state index in [0.29, 0.717) is 17.9 Å². The first kappa shape index (κ1) is 16.0. The van der Waals surface area contributed by atoms with Crippen molar-refractivity contribution in [3.63, 3.8) is 0 Å². The van der Waals surface area contributed by atoms with Crippen LogP contribution in [-0.2, 0) is 0 Å². The van der Waals surface area contributed by atoms with Crippen LogP contribution in [0.25, 0.3) is 0 Å². The number of carbonyl (C=O) groups excluding carboxylic acids is 1. The van der Waals surface area contributed by atoms with Gasteiger partial charge in [-0.05, 0) is 32.0 Å². The Bertz CT molecular complexity index is 454. The van der Waals surface area contributed by atoms with E-state index in [9.17, 15) is 4.79 Å². The smallest absolute Gasteiger partial charge is 0.163 e. The molecule has 4 heteroatoms. The first-order chi connectivity index (χ1) is 10.2. The first-order valence-corrected chi connectivity index (χ1v) is 7.88. The van der Waals surface area contributed by atoms with Gasteiger partial charge in [0.05, 0.1) is 5.56 Å². The molecular weight excluding hydrogens is 264 g/mol. The SMILES string of the molecule is CCCN1CCN(CCOc2ccccc2C(C)=O)CC1. The van der Waals surface area contributed by atoms with Crippen LogP contribution in [0.15, 0.2) is 24.3 Å². The largest absolute Gasteiger partial charge is 0.491 e. The van der Waals surface area contributed by atoms with Crippen LogP contribution in [0.1, 0.15) is 30.6 Å². The van der Waals surface area contributed by atoms with Crippen LogP contribution in [0, 0.1) is 0 Å². The lowest BCUT2D eigenvalue weighted by molar-refractivity contribution is 0.100. The maximum absolute atomic E-state index is 11.5. The van der Waals surface area contributed by atoms with Gasteiger partial charge in [0, 0.05) is 32.7 Å². The van der Waals surface area contributed by atoms with Crippen molar-refractivity contribution in [2.75, 3.05) is 45.9 Å². The van der Waals surface area contributed by atoms with Crippen LogP contribution in [-0.4, -0.2) is 61.5 Å². The molecule has 2 rings (SSSR count). The highest BCUT2D eigenvalue weighted by atomic mass is 16.5. The minimum atomic E-state index is 0.0544. The van der Waals surface area contributed by atoms with Crippen molar-refractivity contribution in [1.29, 1.82) is 0 Å². The molecule has 1 aromatic rings. The molecule has 0 atom stereocenters. The predicted octanol–water partition coefficient (Wildman–Crippen LogP) is 2.30. The van der Waals surface area contributed by atoms with Gasteiger partial charge < -0.3 is 9.64 Å². The van der Waals surface area contributed by atoms with Gasteiger partial charge in [0.15, 0.2) is 5.78 Å². The van der Waals surface area contributed by atoms with Gasteiger partial charge in [-0.1, -0.05) is 19.1 Å². The molecule has 116 valence electrons. The van der Waals surface area contributed by atoms with Crippen molar-refractivity contribution in [3.05, 3.63) is 29.8 Å². The molecule has 1 fully saturated rings. The van der Waals surface area contributed by atoms with Gasteiger partial charge in [-0.2, -0.15) is 0 Å². The molecule has 1 saturated heterocycles. The summed E-state index contributed by atoms with van der Waals surface area (Å²) in [4.78, 5) is 16.5. The molecule has 0 saturated carbocycles. The van der Waals surface area contributed by atoms with Crippen molar-refractivity contribution in [3.8, 4) is 5.75 Å². The van der Waals surface area contributed by atoms with E-state index in [1.54, 1.807) is 6.92 Å². The molecule has 1 heterocycles. The topological polar surface area (TPSA) is 32.8 Å². The molecule has 0 aromatic heterocycles. The first-order valence-electron chi connectivity index (χ1n) is 7.88. The van der Waals surface area contributed by atoms with Gasteiger partial charge in [-0.3, -0.25) is 9.69 Å². The molecule has 1 aliphatic heterocycles. The Morgan fingerprint density at radius 1 is 1.10 bits per heavy atom. The monoisotopic (exact) mass is 290 g/mol. The third-order valence-corrected chi connectivity index (χ3v) is 3.94. The van der Waals surface area contributed by atoms with E-state index >= 15 is 0 Å². The second-order valence-electron chi connectivity index (χ2n) is 5.58. The predicted molar refractivity (Wildman–Crippen MR) is 85.1 cm³/mol. The lowest BCUT2D eigenvalue weighted by Crippen LogP contribution is -2.47. The Morgan fingerprint density at radius 3 is 2.33 bits per heavy atom. The van der Waals surface area contributed by atoms with Crippen LogP contribution < -0.4 is 4.74 Å². The van der Waals surface area contributed by atoms with E-state index < -0.39 is 0 Å². The fraction of sp³-hybridized carbons (Fsp3) is 0.588. The quantitative estimate of drug-likeness (QED) is 0.721. The Morgan fingerprint density at radius 2 is 1.71 bits per heavy atom. The van der Waals surface area contributed by atoms with Crippen LogP contribution in [0.4, 0.5) is 0 Å². The zero-order valence-corrected chi connectivity index (χ0v) is 13.2. The molecule has 0 N–H and O–H groups in total. The van der Waals surface area contributed by atoms with Crippen LogP contribution in [0.2, 0.25) is 0 Å². The number of benzene rings is 1. The van der Waals surface area contributed by atoms with Gasteiger partial charge in [0.2, 0.25) is 0 Å². The summed E-state index contributed by atoms with van der Waals surface area (Å²) in [5.41, 5.74) is 0.672. The van der Waals surface area contributed by atoms with E-state index in [2.05, 4.69) is 16.7 Å². The standard InChI is InChI=1S/C17H26N2O2/c1-3-8-18-9-11-19(12-10-18)13-14-21-17-7-5-4-6-16(17)15(2)20/h4-7H,3,8-14H2,1-2H3. The van der Waals surface area contributed by atoms with Gasteiger partial charge >= 0.3 is 0 Å². The van der Waals surface area contributed by atoms with Gasteiger partial charge in [-0.15, -0.1) is 0 Å². The van der Waals surface area contributed by atoms with Crippen molar-refractivity contribution < 1.29 is 9.53 Å². The summed E-state index contributed by atoms with van der Waals surface area (Å²) in [5.74, 6) is 0.758. The number of hydrogen-bond donors (Lipinski definition) is 0. The van der Waals surface area contributed by atoms with Crippen molar-refractivity contribution >= 4 is 5.78 Å². The summed E-state index contributed by atoms with van der Waals surface area (Å²) in [7, 11) is 0. The van der Waals surface area contributed by atoms with Crippen LogP contribution in [0.5, 0.6) is 5.75 Å². The second-order valence-corrected chi connectivity index (χ2v) is 5.58. The highest BCUT2D eigenvalue weighted by Gasteiger charge is 2.16. The molecule has 0 unspecified atom stereocenters. The molecule has 0 spiro atoms. The van der Waals surface area contributed by atoms with E-state index in [1.807, 2.05) is 24.3 Å². The highest BCUT2D eigenvalue weighted by molar-refractivity contribution is 5.96. The summed E-state index contributed by atoms with van der Waals surface area (Å²) in [6.07, 6.45) is 1.23. The molecule has 1 aliphatic rings. The van der Waals surface area contributed by atoms with Gasteiger partial charge in [-0.25, -0.2) is 0 Å². The Hall–Kier alpha value is -1.39. The molecule has 0 aliphatic carbocycles. The minimum Gasteiger partial charge on any atom is -0.491 e. The second kappa shape index (κ2) is 8.15. The number of para-hydroxylation sites is 1. The number of ketones is 1. The number of carbonyl (C=O) groups is 1. The van der Waals surface area contributed by atoms with E-state index in [0.717, 1.165) is 32.7 Å². The van der Waals surface area contributed by atoms with Crippen LogP contribution in [0.3, 0.4) is 0 Å². The summed E-state index contributed by atoms with van der Waals surface area (Å²) in [6.45, 7) is 11.1. The fourth-order valence-corrected chi connectivity index (χ4v) is 2.72. The summed E-state index contributed by atoms with van der Waals surface area (Å²) in [5, 5.41) is 0. The molecule has 21 heavy (non-hydrogen) atoms. The van der Waals surface area contributed by atoms with Gasteiger partial charge in [0.25, 0.3) is 0 Å². The van der Waals surface area contributed by atoms with Gasteiger partial charge in [0.1, 0.15) is 12.4 Å². The number of rotatable bonds is 7. The zero-order chi connectivity index (χ0) is 15.1. The number of ether oxygens (including phenoxy) is 1. The van der Waals surface area contributed by atoms with E-state index in [4.69, 9.17) is 4.74 Å². The summed E-state index contributed by atoms with van der Waals surface area (Å²) < 4.78 is 5.80. The Balaban J connectivity index is 1.74. The van der Waals surface area contributed by atoms with Crippen molar-refractivity contribution in [1.82, 2.24) is 9.80 Å². The van der Waals surface area contributed by atoms with E-state index in [-0.39, 0.29) is 5.78 Å². The van der Waals surface area contributed by atoms with E-state index in [1.165, 1.54) is 13.0 Å². The lowest BCUT2D eigenvalue weighted by atomic mass is 10.1. The van der Waals surface area contributed by atoms with Crippen LogP contribution >= 0.6 is 0 Å². The number of Topliss-reactive ketones (excluding diaryl/α,β-unsaturated/α-hetero) is 1. The Kier molecular flexibility index (Phi) is 6.21. The van der Waals surface area contributed by atoms with Crippen molar-refractivity contribution in [2.45, 2.75) is 20.3 Å². The molecule has 0 bridgehead atoms. The Labute approximate surface area is 127 Å². The lowest BCUT2D eigenvalue weighted by Gasteiger charge is -2.34. The number of nitrogens with zero attached hydrogens (tertiary/aromatic N) is 2. The average molecular weight is 290 g/mol. The molecule has 0 radical (unpaired) electrons.